The van der Waals surface area contributed by atoms with Crippen LogP contribution in [-0.2, 0) is 27.4 Å². The van der Waals surface area contributed by atoms with Gasteiger partial charge < -0.3 is 4.90 Å². The zero-order chi connectivity index (χ0) is 26.6. The number of hydrogen-bond donors (Lipinski definition) is 1. The van der Waals surface area contributed by atoms with Crippen molar-refractivity contribution in [2.75, 3.05) is 13.1 Å². The maximum absolute atomic E-state index is 15.3. The molecular weight excluding hydrogens is 561 g/mol. The average Bonchev–Trinajstić information content (AvgIpc) is 3.51. The Bertz CT molecular complexity index is 1350. The summed E-state index contributed by atoms with van der Waals surface area (Å²) in [6, 6.07) is 6.49. The molecule has 37 heavy (non-hydrogen) atoms. The summed E-state index contributed by atoms with van der Waals surface area (Å²) in [6.45, 7) is -0.405. The molecule has 0 spiro atoms. The molecule has 2 aromatic heterocycles. The fourth-order valence-electron chi connectivity index (χ4n) is 4.10. The molecule has 0 aliphatic carbocycles. The number of carbonyl (C=O) groups excluding carboxylic acids is 1. The third-order valence-corrected chi connectivity index (χ3v) is 7.33. The van der Waals surface area contributed by atoms with Crippen molar-refractivity contribution in [2.45, 2.75) is 24.0 Å². The number of amides is 1. The van der Waals surface area contributed by atoms with Crippen molar-refractivity contribution >= 4 is 46.4 Å². The number of carbonyl (C=O) groups is 1. The van der Waals surface area contributed by atoms with Gasteiger partial charge in [-0.2, -0.15) is 18.3 Å². The smallest absolute Gasteiger partial charge is 0.334 e. The number of likely N-dealkylation sites (tertiary alicyclic amines) is 1. The summed E-state index contributed by atoms with van der Waals surface area (Å²) < 4.78 is 59.4. The van der Waals surface area contributed by atoms with E-state index in [0.717, 1.165) is 18.2 Å². The largest absolute Gasteiger partial charge is 0.428 e. The summed E-state index contributed by atoms with van der Waals surface area (Å²) in [6.07, 6.45) is 0.300. The van der Waals surface area contributed by atoms with Crippen LogP contribution in [0.5, 0.6) is 0 Å². The van der Waals surface area contributed by atoms with Gasteiger partial charge in [-0.15, -0.1) is 0 Å². The van der Waals surface area contributed by atoms with Gasteiger partial charge in [0, 0.05) is 29.7 Å². The molecule has 0 radical (unpaired) electrons. The summed E-state index contributed by atoms with van der Waals surface area (Å²) in [5, 5.41) is 3.52. The van der Waals surface area contributed by atoms with Gasteiger partial charge in [-0.25, -0.2) is 4.39 Å². The second-order valence-corrected chi connectivity index (χ2v) is 9.79. The zero-order valence-electron chi connectivity index (χ0n) is 18.6. The molecule has 1 fully saturated rings. The zero-order valence-corrected chi connectivity index (χ0v) is 20.8. The van der Waals surface area contributed by atoms with E-state index in [4.69, 9.17) is 39.6 Å². The van der Waals surface area contributed by atoms with Crippen molar-refractivity contribution in [3.63, 3.8) is 0 Å². The molecule has 14 heteroatoms. The van der Waals surface area contributed by atoms with E-state index in [1.165, 1.54) is 34.1 Å². The lowest BCUT2D eigenvalue weighted by molar-refractivity contribution is -0.269. The van der Waals surface area contributed by atoms with Crippen LogP contribution in [0, 0.1) is 0 Å². The summed E-state index contributed by atoms with van der Waals surface area (Å²) >= 11 is 17.8. The van der Waals surface area contributed by atoms with Crippen LogP contribution in [0.4, 0.5) is 17.6 Å². The second-order valence-electron chi connectivity index (χ2n) is 8.60. The summed E-state index contributed by atoms with van der Waals surface area (Å²) in [5.74, 6) is -0.294. The highest BCUT2D eigenvalue weighted by atomic mass is 35.5. The molecule has 5 rings (SSSR count). The molecule has 1 atom stereocenters. The van der Waals surface area contributed by atoms with Gasteiger partial charge in [0.25, 0.3) is 0 Å². The molecule has 7 nitrogen and oxygen atoms in total. The standard InChI is InChI=1S/C23H16Cl3F4N5O2/c24-15-6-14(7-16(25)20(15)26)22(23(28,29)30)8-17(33-37-22)13-2-3-18(31-9-13)21(27)11-34(12-21)19(36)10-35-5-1-4-32-35/h1-9,33H,10-12H2. The van der Waals surface area contributed by atoms with Gasteiger partial charge >= 0.3 is 6.18 Å². The molecule has 1 N–H and O–H groups in total. The highest BCUT2D eigenvalue weighted by molar-refractivity contribution is 6.48. The number of halogens is 7. The van der Waals surface area contributed by atoms with Crippen LogP contribution in [0.1, 0.15) is 16.8 Å². The van der Waals surface area contributed by atoms with E-state index >= 15 is 4.39 Å². The monoisotopic (exact) mass is 575 g/mol. The first-order valence-corrected chi connectivity index (χ1v) is 11.8. The second kappa shape index (κ2) is 9.16. The summed E-state index contributed by atoms with van der Waals surface area (Å²) in [4.78, 5) is 22.8. The van der Waals surface area contributed by atoms with E-state index in [1.807, 2.05) is 0 Å². The highest BCUT2D eigenvalue weighted by Crippen LogP contribution is 2.49. The quantitative estimate of drug-likeness (QED) is 0.331. The first kappa shape index (κ1) is 25.8. The van der Waals surface area contributed by atoms with Gasteiger partial charge in [0.2, 0.25) is 11.5 Å². The van der Waals surface area contributed by atoms with E-state index in [2.05, 4.69) is 15.6 Å². The van der Waals surface area contributed by atoms with Crippen LogP contribution in [0.15, 0.2) is 55.0 Å². The Morgan fingerprint density at radius 3 is 2.43 bits per heavy atom. The topological polar surface area (TPSA) is 72.3 Å². The van der Waals surface area contributed by atoms with Crippen LogP contribution in [0.3, 0.4) is 0 Å². The molecule has 4 heterocycles. The SMILES string of the molecule is O=C(Cn1cccn1)N1CC(F)(c2ccc(C3=CC(c4cc(Cl)c(Cl)c(Cl)c4)(C(F)(F)F)ON3)cn2)C1. The minimum Gasteiger partial charge on any atom is -0.334 e. The van der Waals surface area contributed by atoms with E-state index in [-0.39, 0.29) is 63.1 Å². The van der Waals surface area contributed by atoms with Crippen LogP contribution in [0.2, 0.25) is 15.1 Å². The molecule has 1 unspecified atom stereocenters. The molecule has 1 aromatic carbocycles. The van der Waals surface area contributed by atoms with E-state index in [1.54, 1.807) is 12.3 Å². The Morgan fingerprint density at radius 1 is 1.16 bits per heavy atom. The normalized spacial score (nSPS) is 20.8. The number of aromatic nitrogens is 3. The fourth-order valence-corrected chi connectivity index (χ4v) is 4.70. The number of pyridine rings is 1. The Kier molecular flexibility index (Phi) is 6.38. The van der Waals surface area contributed by atoms with E-state index < -0.39 is 17.4 Å². The Morgan fingerprint density at radius 2 is 1.86 bits per heavy atom. The number of nitrogens with one attached hydrogen (secondary N) is 1. The summed E-state index contributed by atoms with van der Waals surface area (Å²) in [5.41, 5.74) is -2.67. The van der Waals surface area contributed by atoms with Gasteiger partial charge in [0.15, 0.2) is 5.67 Å². The fraction of sp³-hybridized carbons (Fsp3) is 0.261. The number of hydrogen-bond acceptors (Lipinski definition) is 5. The lowest BCUT2D eigenvalue weighted by Gasteiger charge is -2.43. The van der Waals surface area contributed by atoms with Gasteiger partial charge in [-0.1, -0.05) is 34.8 Å². The van der Waals surface area contributed by atoms with Gasteiger partial charge in [-0.05, 0) is 36.4 Å². The van der Waals surface area contributed by atoms with Gasteiger partial charge in [0.1, 0.15) is 6.54 Å². The molecule has 0 saturated carbocycles. The Hall–Kier alpha value is -2.86. The van der Waals surface area contributed by atoms with Gasteiger partial charge in [-0.3, -0.25) is 24.8 Å². The molecule has 2 aliphatic rings. The van der Waals surface area contributed by atoms with Crippen molar-refractivity contribution < 1.29 is 27.2 Å². The number of nitrogens with zero attached hydrogens (tertiary/aromatic N) is 4. The van der Waals surface area contributed by atoms with Crippen molar-refractivity contribution in [1.29, 1.82) is 0 Å². The maximum atomic E-state index is 15.3. The first-order chi connectivity index (χ1) is 17.4. The van der Waals surface area contributed by atoms with Crippen LogP contribution < -0.4 is 5.48 Å². The molecule has 194 valence electrons. The van der Waals surface area contributed by atoms with E-state index in [0.29, 0.717) is 0 Å². The Labute approximate surface area is 222 Å². The van der Waals surface area contributed by atoms with Crippen molar-refractivity contribution in [3.05, 3.63) is 86.9 Å². The predicted molar refractivity (Wildman–Crippen MR) is 127 cm³/mol. The number of alkyl halides is 4. The first-order valence-electron chi connectivity index (χ1n) is 10.7. The lowest BCUT2D eigenvalue weighted by Crippen LogP contribution is -2.59. The van der Waals surface area contributed by atoms with Crippen LogP contribution >= 0.6 is 34.8 Å². The highest BCUT2D eigenvalue weighted by Gasteiger charge is 2.60. The molecule has 3 aromatic rings. The lowest BCUT2D eigenvalue weighted by atomic mass is 9.90. The molecule has 1 amide bonds. The predicted octanol–water partition coefficient (Wildman–Crippen LogP) is 5.28. The van der Waals surface area contributed by atoms with Crippen LogP contribution in [-0.4, -0.2) is 44.8 Å². The number of benzene rings is 1. The van der Waals surface area contributed by atoms with Crippen molar-refractivity contribution in [2.24, 2.45) is 0 Å². The Balaban J connectivity index is 1.35. The third kappa shape index (κ3) is 4.54. The molecule has 1 saturated heterocycles. The van der Waals surface area contributed by atoms with Crippen molar-refractivity contribution in [1.82, 2.24) is 25.1 Å². The van der Waals surface area contributed by atoms with Crippen LogP contribution in [0.25, 0.3) is 5.70 Å². The maximum Gasteiger partial charge on any atom is 0.428 e. The summed E-state index contributed by atoms with van der Waals surface area (Å²) in [7, 11) is 0. The molecule has 2 aliphatic heterocycles. The van der Waals surface area contributed by atoms with Crippen molar-refractivity contribution in [3.8, 4) is 0 Å². The minimum absolute atomic E-state index is 0.0136. The minimum atomic E-state index is -4.91. The molecule has 0 bridgehead atoms. The number of hydroxylamine groups is 1. The van der Waals surface area contributed by atoms with E-state index in [9.17, 15) is 18.0 Å². The third-order valence-electron chi connectivity index (χ3n) is 6.13. The molecular formula is C23H16Cl3F4N5O2. The van der Waals surface area contributed by atoms with Gasteiger partial charge in [0.05, 0.1) is 39.5 Å². The number of rotatable bonds is 5. The average molecular weight is 577 g/mol.